The summed E-state index contributed by atoms with van der Waals surface area (Å²) < 4.78 is 4.13. The zero-order valence-electron chi connectivity index (χ0n) is 6.32. The third kappa shape index (κ3) is 1.09. The van der Waals surface area contributed by atoms with Gasteiger partial charge in [0, 0.05) is 0 Å². The predicted molar refractivity (Wildman–Crippen MR) is 49.4 cm³/mol. The monoisotopic (exact) mass is 166 g/mol. The molecular weight excluding hydrogens is 156 g/mol. The molecule has 0 saturated carbocycles. The Bertz CT molecular complexity index is 265. The van der Waals surface area contributed by atoms with Gasteiger partial charge in [-0.15, -0.1) is 0 Å². The molecule has 0 bridgehead atoms. The van der Waals surface area contributed by atoms with Crippen LogP contribution in [0.2, 0.25) is 0 Å². The molecule has 2 aliphatic rings. The average molecular weight is 166 g/mol. The van der Waals surface area contributed by atoms with E-state index in [2.05, 4.69) is 29.5 Å². The van der Waals surface area contributed by atoms with E-state index in [1.807, 2.05) is 0 Å². The molecule has 2 atom stereocenters. The van der Waals surface area contributed by atoms with Gasteiger partial charge in [-0.05, 0) is 18.9 Å². The Morgan fingerprint density at radius 2 is 2.45 bits per heavy atom. The summed E-state index contributed by atoms with van der Waals surface area (Å²) in [6.07, 6.45) is 6.49. The van der Waals surface area contributed by atoms with E-state index in [1.54, 1.807) is 11.9 Å². The first kappa shape index (κ1) is 6.98. The Labute approximate surface area is 70.4 Å². The van der Waals surface area contributed by atoms with Crippen molar-refractivity contribution in [1.29, 1.82) is 0 Å². The predicted octanol–water partition coefficient (Wildman–Crippen LogP) is 1.51. The van der Waals surface area contributed by atoms with E-state index >= 15 is 0 Å². The van der Waals surface area contributed by atoms with Gasteiger partial charge in [0.2, 0.25) is 0 Å². The Morgan fingerprint density at radius 3 is 3.27 bits per heavy atom. The van der Waals surface area contributed by atoms with E-state index in [0.29, 0.717) is 11.2 Å². The SMILES string of the molecule is CC1=CC2C(N)=NSC2C=C1. The quantitative estimate of drug-likeness (QED) is 0.554. The van der Waals surface area contributed by atoms with Crippen LogP contribution in [0.1, 0.15) is 6.92 Å². The van der Waals surface area contributed by atoms with E-state index in [1.165, 1.54) is 5.57 Å². The number of nitrogens with zero attached hydrogens (tertiary/aromatic N) is 1. The number of nitrogens with two attached hydrogens (primary N) is 1. The molecule has 0 aromatic heterocycles. The summed E-state index contributed by atoms with van der Waals surface area (Å²) in [5, 5.41) is 0.457. The van der Waals surface area contributed by atoms with Crippen molar-refractivity contribution in [2.24, 2.45) is 16.0 Å². The first-order chi connectivity index (χ1) is 5.27. The van der Waals surface area contributed by atoms with Crippen LogP contribution < -0.4 is 5.73 Å². The van der Waals surface area contributed by atoms with Gasteiger partial charge in [0.15, 0.2) is 0 Å². The molecule has 0 spiro atoms. The molecule has 1 aliphatic carbocycles. The number of hydrogen-bond acceptors (Lipinski definition) is 3. The molecular formula is C8H10N2S. The second-order valence-corrected chi connectivity index (χ2v) is 3.82. The molecule has 1 aliphatic heterocycles. The van der Waals surface area contributed by atoms with Crippen LogP contribution in [-0.4, -0.2) is 11.1 Å². The van der Waals surface area contributed by atoms with Crippen molar-refractivity contribution in [3.63, 3.8) is 0 Å². The summed E-state index contributed by atoms with van der Waals surface area (Å²) in [7, 11) is 0. The average Bonchev–Trinajstić information content (AvgIpc) is 2.33. The van der Waals surface area contributed by atoms with Gasteiger partial charge in [0.05, 0.1) is 11.2 Å². The van der Waals surface area contributed by atoms with Crippen LogP contribution in [0.15, 0.2) is 28.2 Å². The molecule has 1 heterocycles. The van der Waals surface area contributed by atoms with Crippen LogP contribution in [0.25, 0.3) is 0 Å². The Balaban J connectivity index is 2.29. The fourth-order valence-electron chi connectivity index (χ4n) is 1.34. The summed E-state index contributed by atoms with van der Waals surface area (Å²) in [6.45, 7) is 2.09. The second-order valence-electron chi connectivity index (χ2n) is 2.88. The summed E-state index contributed by atoms with van der Waals surface area (Å²) in [5.41, 5.74) is 6.99. The van der Waals surface area contributed by atoms with E-state index in [0.717, 1.165) is 5.84 Å². The van der Waals surface area contributed by atoms with E-state index < -0.39 is 0 Å². The molecule has 2 nitrogen and oxygen atoms in total. The minimum atomic E-state index is 0.352. The van der Waals surface area contributed by atoms with Gasteiger partial charge >= 0.3 is 0 Å². The molecule has 0 amide bonds. The van der Waals surface area contributed by atoms with Gasteiger partial charge in [-0.1, -0.05) is 23.8 Å². The highest BCUT2D eigenvalue weighted by atomic mass is 32.2. The lowest BCUT2D eigenvalue weighted by Crippen LogP contribution is -2.25. The highest BCUT2D eigenvalue weighted by Gasteiger charge is 2.28. The Morgan fingerprint density at radius 1 is 1.64 bits per heavy atom. The third-order valence-corrected chi connectivity index (χ3v) is 2.98. The minimum Gasteiger partial charge on any atom is -0.386 e. The number of rotatable bonds is 0. The summed E-state index contributed by atoms with van der Waals surface area (Å²) in [6, 6.07) is 0. The smallest absolute Gasteiger partial charge is 0.116 e. The van der Waals surface area contributed by atoms with Crippen LogP contribution in [0, 0.1) is 5.92 Å². The Hall–Kier alpha value is -0.700. The van der Waals surface area contributed by atoms with Crippen molar-refractivity contribution in [2.75, 3.05) is 0 Å². The van der Waals surface area contributed by atoms with E-state index in [9.17, 15) is 0 Å². The van der Waals surface area contributed by atoms with Gasteiger partial charge in [-0.2, -0.15) is 0 Å². The fourth-order valence-corrected chi connectivity index (χ4v) is 2.20. The number of hydrogen-bond donors (Lipinski definition) is 1. The molecule has 0 saturated heterocycles. The number of allylic oxidation sites excluding steroid dienone is 2. The highest BCUT2D eigenvalue weighted by molar-refractivity contribution is 7.99. The van der Waals surface area contributed by atoms with Gasteiger partial charge in [0.25, 0.3) is 0 Å². The van der Waals surface area contributed by atoms with E-state index in [-0.39, 0.29) is 0 Å². The Kier molecular flexibility index (Phi) is 1.53. The van der Waals surface area contributed by atoms with Crippen LogP contribution >= 0.6 is 11.9 Å². The van der Waals surface area contributed by atoms with Crippen molar-refractivity contribution >= 4 is 17.8 Å². The standard InChI is InChI=1S/C8H10N2S/c1-5-2-3-7-6(4-5)8(9)10-11-7/h2-4,6-7H,1H3,(H2,9,10). The molecule has 2 rings (SSSR count). The lowest BCUT2D eigenvalue weighted by atomic mass is 9.96. The van der Waals surface area contributed by atoms with Crippen molar-refractivity contribution in [3.8, 4) is 0 Å². The molecule has 3 heteroatoms. The maximum Gasteiger partial charge on any atom is 0.116 e. The second kappa shape index (κ2) is 2.41. The lowest BCUT2D eigenvalue weighted by Gasteiger charge is -2.15. The van der Waals surface area contributed by atoms with Gasteiger partial charge in [0.1, 0.15) is 5.84 Å². The molecule has 2 N–H and O–H groups in total. The number of fused-ring (bicyclic) bond motifs is 1. The maximum absolute atomic E-state index is 5.70. The zero-order valence-corrected chi connectivity index (χ0v) is 7.14. The molecule has 0 aromatic carbocycles. The van der Waals surface area contributed by atoms with Crippen molar-refractivity contribution < 1.29 is 0 Å². The van der Waals surface area contributed by atoms with Crippen LogP contribution in [0.4, 0.5) is 0 Å². The number of amidine groups is 1. The lowest BCUT2D eigenvalue weighted by molar-refractivity contribution is 0.886. The van der Waals surface area contributed by atoms with Crippen LogP contribution in [0.3, 0.4) is 0 Å². The van der Waals surface area contributed by atoms with Crippen molar-refractivity contribution in [2.45, 2.75) is 12.2 Å². The first-order valence-corrected chi connectivity index (χ1v) is 4.47. The first-order valence-electron chi connectivity index (χ1n) is 3.63. The molecule has 58 valence electrons. The van der Waals surface area contributed by atoms with Crippen LogP contribution in [0.5, 0.6) is 0 Å². The molecule has 11 heavy (non-hydrogen) atoms. The molecule has 0 fully saturated rings. The molecule has 2 unspecified atom stereocenters. The minimum absolute atomic E-state index is 0.352. The van der Waals surface area contributed by atoms with Gasteiger partial charge < -0.3 is 5.73 Å². The van der Waals surface area contributed by atoms with Gasteiger partial charge in [-0.3, -0.25) is 0 Å². The van der Waals surface area contributed by atoms with Crippen molar-refractivity contribution in [3.05, 3.63) is 23.8 Å². The van der Waals surface area contributed by atoms with E-state index in [4.69, 9.17) is 5.73 Å². The third-order valence-electron chi connectivity index (χ3n) is 1.97. The largest absolute Gasteiger partial charge is 0.386 e. The highest BCUT2D eigenvalue weighted by Crippen LogP contribution is 2.34. The maximum atomic E-state index is 5.70. The topological polar surface area (TPSA) is 38.4 Å². The van der Waals surface area contributed by atoms with Crippen LogP contribution in [-0.2, 0) is 0 Å². The summed E-state index contributed by atoms with van der Waals surface area (Å²) in [4.78, 5) is 0. The zero-order chi connectivity index (χ0) is 7.84. The summed E-state index contributed by atoms with van der Waals surface area (Å²) in [5.74, 6) is 1.12. The molecule has 0 aromatic rings. The van der Waals surface area contributed by atoms with Crippen molar-refractivity contribution in [1.82, 2.24) is 0 Å². The normalized spacial score (nSPS) is 34.6. The molecule has 0 radical (unpaired) electrons. The summed E-state index contributed by atoms with van der Waals surface area (Å²) >= 11 is 1.57. The fraction of sp³-hybridized carbons (Fsp3) is 0.375. The van der Waals surface area contributed by atoms with Gasteiger partial charge in [-0.25, -0.2) is 4.40 Å².